The van der Waals surface area contributed by atoms with Gasteiger partial charge in [0.25, 0.3) is 5.91 Å². The molecule has 1 aliphatic rings. The summed E-state index contributed by atoms with van der Waals surface area (Å²) >= 11 is 0. The van der Waals surface area contributed by atoms with E-state index in [1.54, 1.807) is 19.2 Å². The molecule has 0 fully saturated rings. The van der Waals surface area contributed by atoms with Gasteiger partial charge in [-0.2, -0.15) is 0 Å². The van der Waals surface area contributed by atoms with Gasteiger partial charge in [-0.1, -0.05) is 0 Å². The van der Waals surface area contributed by atoms with Crippen molar-refractivity contribution in [2.75, 3.05) is 19.0 Å². The number of benzene rings is 1. The van der Waals surface area contributed by atoms with Crippen LogP contribution in [0.2, 0.25) is 0 Å². The number of imidazole rings is 1. The molecule has 0 spiro atoms. The first-order valence-electron chi connectivity index (χ1n) is 8.47. The van der Waals surface area contributed by atoms with E-state index in [1.807, 2.05) is 11.5 Å². The van der Waals surface area contributed by atoms with E-state index in [4.69, 9.17) is 0 Å². The summed E-state index contributed by atoms with van der Waals surface area (Å²) in [6, 6.07) is 4.39. The third kappa shape index (κ3) is 3.51. The number of anilines is 1. The maximum absolute atomic E-state index is 13.8. The van der Waals surface area contributed by atoms with E-state index in [1.165, 1.54) is 6.07 Å². The van der Waals surface area contributed by atoms with Gasteiger partial charge < -0.3 is 20.3 Å². The van der Waals surface area contributed by atoms with Crippen LogP contribution in [0, 0.1) is 12.7 Å². The Balaban J connectivity index is 1.69. The lowest BCUT2D eigenvalue weighted by Crippen LogP contribution is -2.39. The summed E-state index contributed by atoms with van der Waals surface area (Å²) in [5, 5.41) is 14.9. The van der Waals surface area contributed by atoms with Crippen LogP contribution in [-0.4, -0.2) is 40.3 Å². The molecule has 1 aliphatic carbocycles. The lowest BCUT2D eigenvalue weighted by atomic mass is 9.95. The number of carbonyl (C=O) groups excluding carboxylic acids is 1. The first kappa shape index (κ1) is 17.4. The average molecular weight is 346 g/mol. The fourth-order valence-corrected chi connectivity index (χ4v) is 3.41. The molecule has 0 radical (unpaired) electrons. The number of aryl methyl sites for hydroxylation is 1. The highest BCUT2D eigenvalue weighted by atomic mass is 19.1. The van der Waals surface area contributed by atoms with Crippen molar-refractivity contribution in [1.29, 1.82) is 0 Å². The molecule has 1 amide bonds. The van der Waals surface area contributed by atoms with Crippen molar-refractivity contribution in [1.82, 2.24) is 14.9 Å². The van der Waals surface area contributed by atoms with Crippen molar-refractivity contribution >= 4 is 11.6 Å². The number of nitrogens with zero attached hydrogens (tertiary/aromatic N) is 2. The van der Waals surface area contributed by atoms with Crippen LogP contribution in [0.25, 0.3) is 0 Å². The summed E-state index contributed by atoms with van der Waals surface area (Å²) in [5.74, 6) is 0.164. The SMILES string of the molecule is CNc1ccc(C(=O)NC2CCc3c(nc(C)n3CCO)C2)cc1F. The molecule has 3 N–H and O–H groups in total. The molecule has 0 saturated carbocycles. The first-order chi connectivity index (χ1) is 12.0. The van der Waals surface area contributed by atoms with Gasteiger partial charge in [0.2, 0.25) is 0 Å². The highest BCUT2D eigenvalue weighted by molar-refractivity contribution is 5.94. The van der Waals surface area contributed by atoms with Gasteiger partial charge in [0.05, 0.1) is 18.0 Å². The van der Waals surface area contributed by atoms with Gasteiger partial charge in [0.15, 0.2) is 0 Å². The van der Waals surface area contributed by atoms with Crippen LogP contribution in [0.4, 0.5) is 10.1 Å². The van der Waals surface area contributed by atoms with Crippen LogP contribution < -0.4 is 10.6 Å². The van der Waals surface area contributed by atoms with Gasteiger partial charge in [-0.3, -0.25) is 4.79 Å². The molecule has 3 rings (SSSR count). The molecular weight excluding hydrogens is 323 g/mol. The average Bonchev–Trinajstić information content (AvgIpc) is 2.90. The molecule has 1 atom stereocenters. The Labute approximate surface area is 146 Å². The highest BCUT2D eigenvalue weighted by Crippen LogP contribution is 2.23. The predicted molar refractivity (Wildman–Crippen MR) is 93.3 cm³/mol. The zero-order valence-electron chi connectivity index (χ0n) is 14.5. The summed E-state index contributed by atoms with van der Waals surface area (Å²) in [6.45, 7) is 2.55. The number of rotatable bonds is 5. The van der Waals surface area contributed by atoms with E-state index < -0.39 is 5.82 Å². The second-order valence-electron chi connectivity index (χ2n) is 6.29. The van der Waals surface area contributed by atoms with Crippen molar-refractivity contribution < 1.29 is 14.3 Å². The van der Waals surface area contributed by atoms with Gasteiger partial charge in [0.1, 0.15) is 11.6 Å². The number of aliphatic hydroxyl groups excluding tert-OH is 1. The van der Waals surface area contributed by atoms with Crippen LogP contribution >= 0.6 is 0 Å². The molecule has 1 aromatic heterocycles. The molecule has 25 heavy (non-hydrogen) atoms. The van der Waals surface area contributed by atoms with Crippen molar-refractivity contribution in [2.45, 2.75) is 38.8 Å². The lowest BCUT2D eigenvalue weighted by molar-refractivity contribution is 0.0933. The Kier molecular flexibility index (Phi) is 5.03. The quantitative estimate of drug-likeness (QED) is 0.769. The molecule has 1 unspecified atom stereocenters. The molecule has 7 heteroatoms. The molecular formula is C18H23FN4O2. The van der Waals surface area contributed by atoms with Gasteiger partial charge in [0, 0.05) is 37.3 Å². The van der Waals surface area contributed by atoms with Crippen LogP contribution in [0.1, 0.15) is 34.0 Å². The number of amides is 1. The number of nitrogens with one attached hydrogen (secondary N) is 2. The minimum atomic E-state index is -0.445. The second-order valence-corrected chi connectivity index (χ2v) is 6.29. The van der Waals surface area contributed by atoms with Crippen LogP contribution in [0.15, 0.2) is 18.2 Å². The Morgan fingerprint density at radius 1 is 1.48 bits per heavy atom. The van der Waals surface area contributed by atoms with E-state index in [0.29, 0.717) is 24.2 Å². The van der Waals surface area contributed by atoms with E-state index in [0.717, 1.165) is 30.1 Å². The maximum Gasteiger partial charge on any atom is 0.251 e. The summed E-state index contributed by atoms with van der Waals surface area (Å²) in [4.78, 5) is 17.0. The zero-order chi connectivity index (χ0) is 18.0. The van der Waals surface area contributed by atoms with Crippen molar-refractivity contribution in [3.8, 4) is 0 Å². The lowest BCUT2D eigenvalue weighted by Gasteiger charge is -2.24. The summed E-state index contributed by atoms with van der Waals surface area (Å²) < 4.78 is 15.9. The number of halogens is 1. The van der Waals surface area contributed by atoms with Crippen LogP contribution in [-0.2, 0) is 19.4 Å². The summed E-state index contributed by atoms with van der Waals surface area (Å²) in [5.41, 5.74) is 2.79. The third-order valence-corrected chi connectivity index (χ3v) is 4.68. The van der Waals surface area contributed by atoms with E-state index in [2.05, 4.69) is 15.6 Å². The van der Waals surface area contributed by atoms with Crippen molar-refractivity contribution in [2.24, 2.45) is 0 Å². The molecule has 6 nitrogen and oxygen atoms in total. The second kappa shape index (κ2) is 7.23. The fourth-order valence-electron chi connectivity index (χ4n) is 3.41. The molecule has 0 saturated heterocycles. The molecule has 1 heterocycles. The smallest absolute Gasteiger partial charge is 0.251 e. The third-order valence-electron chi connectivity index (χ3n) is 4.68. The highest BCUT2D eigenvalue weighted by Gasteiger charge is 2.25. The van der Waals surface area contributed by atoms with Gasteiger partial charge in [-0.15, -0.1) is 0 Å². The number of aliphatic hydroxyl groups is 1. The zero-order valence-corrected chi connectivity index (χ0v) is 14.5. The van der Waals surface area contributed by atoms with Gasteiger partial charge >= 0.3 is 0 Å². The van der Waals surface area contributed by atoms with E-state index >= 15 is 0 Å². The molecule has 134 valence electrons. The van der Waals surface area contributed by atoms with Crippen LogP contribution in [0.5, 0.6) is 0 Å². The first-order valence-corrected chi connectivity index (χ1v) is 8.47. The normalized spacial score (nSPS) is 16.4. The minimum Gasteiger partial charge on any atom is -0.395 e. The number of hydrogen-bond acceptors (Lipinski definition) is 4. The Morgan fingerprint density at radius 2 is 2.28 bits per heavy atom. The number of hydrogen-bond donors (Lipinski definition) is 3. The van der Waals surface area contributed by atoms with Crippen molar-refractivity contribution in [3.05, 3.63) is 46.8 Å². The fraction of sp³-hybridized carbons (Fsp3) is 0.444. The molecule has 0 bridgehead atoms. The number of carbonyl (C=O) groups is 1. The molecule has 2 aromatic rings. The maximum atomic E-state index is 13.8. The predicted octanol–water partition coefficient (Wildman–Crippen LogP) is 1.65. The van der Waals surface area contributed by atoms with Gasteiger partial charge in [-0.25, -0.2) is 9.37 Å². The Hall–Kier alpha value is -2.41. The Morgan fingerprint density at radius 3 is 2.96 bits per heavy atom. The molecule has 1 aromatic carbocycles. The standard InChI is InChI=1S/C18H23FN4O2/c1-11-21-16-10-13(4-6-17(16)23(11)7-8-24)22-18(25)12-3-5-15(20-2)14(19)9-12/h3,5,9,13,20,24H,4,6-8,10H2,1-2H3,(H,22,25). The largest absolute Gasteiger partial charge is 0.395 e. The van der Waals surface area contributed by atoms with E-state index in [9.17, 15) is 14.3 Å². The van der Waals surface area contributed by atoms with Crippen molar-refractivity contribution in [3.63, 3.8) is 0 Å². The molecule has 0 aliphatic heterocycles. The van der Waals surface area contributed by atoms with Gasteiger partial charge in [-0.05, 0) is 38.0 Å². The van der Waals surface area contributed by atoms with E-state index in [-0.39, 0.29) is 18.6 Å². The van der Waals surface area contributed by atoms with Crippen LogP contribution in [0.3, 0.4) is 0 Å². The minimum absolute atomic E-state index is 0.0242. The topological polar surface area (TPSA) is 79.2 Å². The summed E-state index contributed by atoms with van der Waals surface area (Å²) in [7, 11) is 1.63. The number of fused-ring (bicyclic) bond motifs is 1. The number of aromatic nitrogens is 2. The summed E-state index contributed by atoms with van der Waals surface area (Å²) in [6.07, 6.45) is 2.25. The Bertz CT molecular complexity index is 788. The monoisotopic (exact) mass is 346 g/mol.